The Morgan fingerprint density at radius 2 is 1.87 bits per heavy atom. The van der Waals surface area contributed by atoms with Gasteiger partial charge in [0.15, 0.2) is 0 Å². The van der Waals surface area contributed by atoms with Crippen LogP contribution in [0.15, 0.2) is 60.8 Å². The normalized spacial score (nSPS) is 10.5. The number of aromatic carboxylic acids is 1. The maximum atomic E-state index is 11.6. The van der Waals surface area contributed by atoms with Gasteiger partial charge >= 0.3 is 5.97 Å². The number of carboxylic acid groups (broad SMARTS) is 1. The second-order valence-electron chi connectivity index (χ2n) is 7.26. The summed E-state index contributed by atoms with van der Waals surface area (Å²) in [4.78, 5) is 22.3. The van der Waals surface area contributed by atoms with E-state index in [9.17, 15) is 9.90 Å². The van der Waals surface area contributed by atoms with E-state index >= 15 is 0 Å². The Balaban J connectivity index is 1.54. The molecule has 0 unspecified atom stereocenters. The maximum Gasteiger partial charge on any atom is 0.339 e. The van der Waals surface area contributed by atoms with Gasteiger partial charge in [-0.15, -0.1) is 0 Å². The van der Waals surface area contributed by atoms with Crippen LogP contribution >= 0.6 is 0 Å². The summed E-state index contributed by atoms with van der Waals surface area (Å²) in [6, 6.07) is 17.9. The van der Waals surface area contributed by atoms with Crippen LogP contribution < -0.4 is 15.0 Å². The maximum absolute atomic E-state index is 11.6. The fourth-order valence-electron chi connectivity index (χ4n) is 3.21. The molecular weight excluding hydrogens is 392 g/mol. The molecule has 0 spiro atoms. The molecule has 0 saturated heterocycles. The molecule has 0 aliphatic rings. The highest BCUT2D eigenvalue weighted by molar-refractivity contribution is 5.88. The number of carboxylic acids is 1. The van der Waals surface area contributed by atoms with Crippen molar-refractivity contribution in [3.63, 3.8) is 0 Å². The van der Waals surface area contributed by atoms with Crippen molar-refractivity contribution in [2.45, 2.75) is 19.8 Å². The Bertz CT molecular complexity index is 995. The summed E-state index contributed by atoms with van der Waals surface area (Å²) in [7, 11) is 2.02. The number of benzene rings is 2. The average molecular weight is 421 g/mol. The molecule has 162 valence electrons. The lowest BCUT2D eigenvalue weighted by molar-refractivity contribution is 0.0694. The lowest BCUT2D eigenvalue weighted by Crippen LogP contribution is -2.20. The van der Waals surface area contributed by atoms with Gasteiger partial charge in [0, 0.05) is 25.5 Å². The highest BCUT2D eigenvalue weighted by atomic mass is 16.5. The SMILES string of the molecule is Cc1ccccc1OCCNc1ncc(C(=O)O)c(CCCN(C)c2ccccc2)n1. The molecule has 0 bridgehead atoms. The molecule has 0 radical (unpaired) electrons. The van der Waals surface area contributed by atoms with Gasteiger partial charge in [0.1, 0.15) is 12.4 Å². The van der Waals surface area contributed by atoms with E-state index in [-0.39, 0.29) is 5.56 Å². The minimum absolute atomic E-state index is 0.143. The number of ether oxygens (including phenoxy) is 1. The van der Waals surface area contributed by atoms with Crippen LogP contribution in [0.5, 0.6) is 5.75 Å². The van der Waals surface area contributed by atoms with E-state index in [4.69, 9.17) is 4.74 Å². The minimum atomic E-state index is -1.01. The van der Waals surface area contributed by atoms with Crippen molar-refractivity contribution in [2.75, 3.05) is 37.0 Å². The second-order valence-corrected chi connectivity index (χ2v) is 7.26. The van der Waals surface area contributed by atoms with Crippen LogP contribution in [0.4, 0.5) is 11.6 Å². The number of nitrogens with zero attached hydrogens (tertiary/aromatic N) is 3. The van der Waals surface area contributed by atoms with E-state index in [1.807, 2.05) is 68.6 Å². The summed E-state index contributed by atoms with van der Waals surface area (Å²) in [5.74, 6) is 0.236. The number of para-hydroxylation sites is 2. The Kier molecular flexibility index (Phi) is 7.81. The molecule has 0 fully saturated rings. The summed E-state index contributed by atoms with van der Waals surface area (Å²) in [6.45, 7) is 3.75. The Morgan fingerprint density at radius 3 is 2.61 bits per heavy atom. The quantitative estimate of drug-likeness (QED) is 0.453. The highest BCUT2D eigenvalue weighted by Crippen LogP contribution is 2.16. The standard InChI is InChI=1S/C24H28N4O3/c1-18-9-6-7-13-22(18)31-16-14-25-24-26-17-20(23(29)30)21(27-24)12-8-15-28(2)19-10-4-3-5-11-19/h3-7,9-11,13,17H,8,12,14-16H2,1-2H3,(H,29,30)(H,25,26,27). The van der Waals surface area contributed by atoms with E-state index in [1.54, 1.807) is 0 Å². The van der Waals surface area contributed by atoms with Gasteiger partial charge in [-0.1, -0.05) is 36.4 Å². The largest absolute Gasteiger partial charge is 0.491 e. The van der Waals surface area contributed by atoms with Crippen molar-refractivity contribution in [3.05, 3.63) is 77.6 Å². The topological polar surface area (TPSA) is 87.6 Å². The predicted molar refractivity (Wildman–Crippen MR) is 122 cm³/mol. The molecule has 1 aromatic heterocycles. The zero-order valence-electron chi connectivity index (χ0n) is 17.9. The lowest BCUT2D eigenvalue weighted by Gasteiger charge is -2.19. The molecule has 7 nitrogen and oxygen atoms in total. The molecule has 0 saturated carbocycles. The van der Waals surface area contributed by atoms with E-state index in [0.717, 1.165) is 30.0 Å². The molecule has 0 atom stereocenters. The molecule has 2 N–H and O–H groups in total. The Morgan fingerprint density at radius 1 is 1.13 bits per heavy atom. The zero-order chi connectivity index (χ0) is 22.1. The predicted octanol–water partition coefficient (Wildman–Crippen LogP) is 4.04. The summed E-state index contributed by atoms with van der Waals surface area (Å²) in [6.07, 6.45) is 2.70. The van der Waals surface area contributed by atoms with Gasteiger partial charge in [0.2, 0.25) is 5.95 Å². The average Bonchev–Trinajstić information content (AvgIpc) is 2.78. The van der Waals surface area contributed by atoms with Crippen molar-refractivity contribution < 1.29 is 14.6 Å². The monoisotopic (exact) mass is 420 g/mol. The van der Waals surface area contributed by atoms with Gasteiger partial charge in [-0.2, -0.15) is 0 Å². The van der Waals surface area contributed by atoms with Crippen molar-refractivity contribution in [2.24, 2.45) is 0 Å². The summed E-state index contributed by atoms with van der Waals surface area (Å²) >= 11 is 0. The van der Waals surface area contributed by atoms with Crippen LogP contribution in [-0.4, -0.2) is 47.8 Å². The summed E-state index contributed by atoms with van der Waals surface area (Å²) < 4.78 is 5.77. The van der Waals surface area contributed by atoms with Gasteiger partial charge in [-0.25, -0.2) is 14.8 Å². The highest BCUT2D eigenvalue weighted by Gasteiger charge is 2.14. The molecule has 3 rings (SSSR count). The Hall–Kier alpha value is -3.61. The minimum Gasteiger partial charge on any atom is -0.491 e. The number of hydrogen-bond acceptors (Lipinski definition) is 6. The van der Waals surface area contributed by atoms with Gasteiger partial charge in [0.25, 0.3) is 0 Å². The first-order valence-corrected chi connectivity index (χ1v) is 10.3. The fraction of sp³-hybridized carbons (Fsp3) is 0.292. The number of nitrogens with one attached hydrogen (secondary N) is 1. The number of anilines is 2. The number of aromatic nitrogens is 2. The Labute approximate surface area is 182 Å². The fourth-order valence-corrected chi connectivity index (χ4v) is 3.21. The summed E-state index contributed by atoms with van der Waals surface area (Å²) in [5.41, 5.74) is 2.88. The first-order valence-electron chi connectivity index (χ1n) is 10.3. The van der Waals surface area contributed by atoms with Crippen molar-refractivity contribution >= 4 is 17.6 Å². The number of aryl methyl sites for hydroxylation is 2. The molecule has 1 heterocycles. The van der Waals surface area contributed by atoms with Crippen LogP contribution in [0.1, 0.15) is 28.0 Å². The van der Waals surface area contributed by atoms with Crippen molar-refractivity contribution in [3.8, 4) is 5.75 Å². The zero-order valence-corrected chi connectivity index (χ0v) is 17.9. The molecule has 0 amide bonds. The third-order valence-electron chi connectivity index (χ3n) is 4.94. The van der Waals surface area contributed by atoms with Crippen LogP contribution in [0, 0.1) is 6.92 Å². The molecule has 0 aliphatic carbocycles. The summed E-state index contributed by atoms with van der Waals surface area (Å²) in [5, 5.41) is 12.6. The molecule has 7 heteroatoms. The van der Waals surface area contributed by atoms with E-state index < -0.39 is 5.97 Å². The third kappa shape index (κ3) is 6.44. The third-order valence-corrected chi connectivity index (χ3v) is 4.94. The van der Waals surface area contributed by atoms with Crippen LogP contribution in [0.2, 0.25) is 0 Å². The molecule has 31 heavy (non-hydrogen) atoms. The van der Waals surface area contributed by atoms with E-state index in [2.05, 4.69) is 20.2 Å². The van der Waals surface area contributed by atoms with Crippen LogP contribution in [0.3, 0.4) is 0 Å². The number of carbonyl (C=O) groups is 1. The van der Waals surface area contributed by atoms with E-state index in [0.29, 0.717) is 31.2 Å². The molecule has 3 aromatic rings. The van der Waals surface area contributed by atoms with Gasteiger partial charge in [0.05, 0.1) is 17.8 Å². The van der Waals surface area contributed by atoms with Crippen LogP contribution in [-0.2, 0) is 6.42 Å². The second kappa shape index (κ2) is 11.0. The smallest absolute Gasteiger partial charge is 0.339 e. The molecular formula is C24H28N4O3. The van der Waals surface area contributed by atoms with E-state index in [1.165, 1.54) is 6.20 Å². The van der Waals surface area contributed by atoms with Gasteiger partial charge in [-0.3, -0.25) is 0 Å². The number of rotatable bonds is 11. The van der Waals surface area contributed by atoms with Crippen LogP contribution in [0.25, 0.3) is 0 Å². The molecule has 2 aromatic carbocycles. The van der Waals surface area contributed by atoms with Gasteiger partial charge < -0.3 is 20.1 Å². The van der Waals surface area contributed by atoms with Crippen molar-refractivity contribution in [1.29, 1.82) is 0 Å². The first-order chi connectivity index (χ1) is 15.0. The molecule has 0 aliphatic heterocycles. The van der Waals surface area contributed by atoms with Gasteiger partial charge in [-0.05, 0) is 43.5 Å². The lowest BCUT2D eigenvalue weighted by atomic mass is 10.1. The first kappa shape index (κ1) is 22.1. The van der Waals surface area contributed by atoms with Crippen molar-refractivity contribution in [1.82, 2.24) is 9.97 Å². The number of hydrogen-bond donors (Lipinski definition) is 2.